The van der Waals surface area contributed by atoms with Crippen LogP contribution in [0, 0.1) is 20.8 Å². The molecule has 5 heteroatoms. The molecule has 0 saturated heterocycles. The van der Waals surface area contributed by atoms with Crippen LogP contribution in [0.25, 0.3) is 17.1 Å². The number of pyridine rings is 1. The number of hydrogen-bond donors (Lipinski definition) is 0. The number of aromatic nitrogens is 4. The summed E-state index contributed by atoms with van der Waals surface area (Å²) < 4.78 is 2.12. The van der Waals surface area contributed by atoms with E-state index in [0.29, 0.717) is 0 Å². The lowest BCUT2D eigenvalue weighted by molar-refractivity contribution is 0.885. The summed E-state index contributed by atoms with van der Waals surface area (Å²) in [5.74, 6) is 1.66. The average Bonchev–Trinajstić information content (AvgIpc) is 3.14. The van der Waals surface area contributed by atoms with Gasteiger partial charge in [-0.1, -0.05) is 53.2 Å². The largest absolute Gasteiger partial charge is 0.270 e. The van der Waals surface area contributed by atoms with Crippen LogP contribution < -0.4 is 0 Å². The van der Waals surface area contributed by atoms with E-state index >= 15 is 0 Å². The van der Waals surface area contributed by atoms with E-state index in [0.717, 1.165) is 28.0 Å². The van der Waals surface area contributed by atoms with Crippen LogP contribution in [0.4, 0.5) is 0 Å². The van der Waals surface area contributed by atoms with E-state index in [9.17, 15) is 0 Å². The van der Waals surface area contributed by atoms with Gasteiger partial charge in [-0.3, -0.25) is 9.55 Å². The van der Waals surface area contributed by atoms with Crippen LogP contribution in [0.3, 0.4) is 0 Å². The van der Waals surface area contributed by atoms with Crippen LogP contribution in [0.15, 0.2) is 72.1 Å². The van der Waals surface area contributed by atoms with Gasteiger partial charge in [0.25, 0.3) is 0 Å². The molecule has 0 aliphatic carbocycles. The maximum atomic E-state index is 4.51. The van der Waals surface area contributed by atoms with E-state index in [1.54, 1.807) is 18.0 Å². The van der Waals surface area contributed by atoms with Crippen LogP contribution in [-0.2, 0) is 5.75 Å². The molecule has 28 heavy (non-hydrogen) atoms. The van der Waals surface area contributed by atoms with Crippen LogP contribution in [0.2, 0.25) is 0 Å². The molecule has 0 N–H and O–H groups in total. The summed E-state index contributed by atoms with van der Waals surface area (Å²) in [5, 5.41) is 9.87. The van der Waals surface area contributed by atoms with Gasteiger partial charge in [0.2, 0.25) is 0 Å². The maximum absolute atomic E-state index is 4.51. The van der Waals surface area contributed by atoms with Gasteiger partial charge in [0, 0.05) is 29.4 Å². The first-order chi connectivity index (χ1) is 13.6. The Labute approximate surface area is 169 Å². The number of nitrogens with zero attached hydrogens (tertiary/aromatic N) is 4. The van der Waals surface area contributed by atoms with E-state index in [1.165, 1.54) is 22.3 Å². The molecule has 4 rings (SSSR count). The second-order valence-corrected chi connectivity index (χ2v) is 7.88. The third-order valence-corrected chi connectivity index (χ3v) is 5.68. The normalized spacial score (nSPS) is 11.0. The van der Waals surface area contributed by atoms with Gasteiger partial charge in [-0.2, -0.15) is 0 Å². The Bertz CT molecular complexity index is 1090. The van der Waals surface area contributed by atoms with Gasteiger partial charge in [-0.25, -0.2) is 0 Å². The van der Waals surface area contributed by atoms with Crippen LogP contribution in [0.1, 0.15) is 22.3 Å². The summed E-state index contributed by atoms with van der Waals surface area (Å²) in [6.07, 6.45) is 3.60. The van der Waals surface area contributed by atoms with Crippen LogP contribution in [-0.4, -0.2) is 19.7 Å². The molecule has 2 aromatic carbocycles. The van der Waals surface area contributed by atoms with Gasteiger partial charge in [-0.15, -0.1) is 10.2 Å². The summed E-state index contributed by atoms with van der Waals surface area (Å²) in [6, 6.07) is 19.0. The summed E-state index contributed by atoms with van der Waals surface area (Å²) in [7, 11) is 0. The summed E-state index contributed by atoms with van der Waals surface area (Å²) in [6.45, 7) is 6.37. The first kappa shape index (κ1) is 18.4. The monoisotopic (exact) mass is 386 g/mol. The van der Waals surface area contributed by atoms with Crippen molar-refractivity contribution in [2.24, 2.45) is 0 Å². The first-order valence-corrected chi connectivity index (χ1v) is 10.2. The van der Waals surface area contributed by atoms with Gasteiger partial charge >= 0.3 is 0 Å². The zero-order valence-electron chi connectivity index (χ0n) is 16.3. The van der Waals surface area contributed by atoms with Gasteiger partial charge in [-0.05, 0) is 56.2 Å². The minimum atomic E-state index is 0.806. The minimum Gasteiger partial charge on any atom is -0.270 e. The molecule has 0 aliphatic rings. The molecule has 0 spiro atoms. The third kappa shape index (κ3) is 3.85. The lowest BCUT2D eigenvalue weighted by atomic mass is 10.1. The van der Waals surface area contributed by atoms with Crippen LogP contribution >= 0.6 is 11.8 Å². The Morgan fingerprint density at radius 1 is 0.893 bits per heavy atom. The Hall–Kier alpha value is -2.92. The second-order valence-electron chi connectivity index (χ2n) is 6.94. The van der Waals surface area contributed by atoms with Crippen molar-refractivity contribution in [1.82, 2.24) is 19.7 Å². The molecule has 0 unspecified atom stereocenters. The van der Waals surface area contributed by atoms with E-state index in [1.807, 2.05) is 18.3 Å². The highest BCUT2D eigenvalue weighted by molar-refractivity contribution is 7.98. The highest BCUT2D eigenvalue weighted by Gasteiger charge is 2.16. The van der Waals surface area contributed by atoms with E-state index in [2.05, 4.69) is 83.0 Å². The molecule has 2 aromatic heterocycles. The fourth-order valence-corrected chi connectivity index (χ4v) is 4.09. The number of rotatable bonds is 5. The third-order valence-electron chi connectivity index (χ3n) is 4.71. The molecule has 0 fully saturated rings. The van der Waals surface area contributed by atoms with Crippen molar-refractivity contribution in [1.29, 1.82) is 0 Å². The molecule has 4 aromatic rings. The molecule has 0 bridgehead atoms. The van der Waals surface area contributed by atoms with Crippen molar-refractivity contribution in [3.8, 4) is 17.1 Å². The Morgan fingerprint density at radius 3 is 2.43 bits per heavy atom. The molecular weight excluding hydrogens is 364 g/mol. The molecule has 0 radical (unpaired) electrons. The van der Waals surface area contributed by atoms with Crippen molar-refractivity contribution in [3.05, 3.63) is 89.2 Å². The summed E-state index contributed by atoms with van der Waals surface area (Å²) in [4.78, 5) is 4.25. The Balaban J connectivity index is 1.74. The molecule has 2 heterocycles. The van der Waals surface area contributed by atoms with E-state index in [4.69, 9.17) is 0 Å². The lowest BCUT2D eigenvalue weighted by Crippen LogP contribution is -2.00. The molecular formula is C23H22N4S. The number of benzene rings is 2. The summed E-state index contributed by atoms with van der Waals surface area (Å²) in [5.41, 5.74) is 7.13. The smallest absolute Gasteiger partial charge is 0.196 e. The maximum Gasteiger partial charge on any atom is 0.196 e. The van der Waals surface area contributed by atoms with Crippen molar-refractivity contribution < 1.29 is 0 Å². The standard InChI is InChI=1S/C23H22N4S/c1-16-7-10-21(11-8-16)27-22(19-5-4-12-24-14-19)25-26-23(27)28-15-20-13-17(2)6-9-18(20)3/h4-14H,15H2,1-3H3. The first-order valence-electron chi connectivity index (χ1n) is 9.23. The topological polar surface area (TPSA) is 43.6 Å². The fourth-order valence-electron chi connectivity index (χ4n) is 3.07. The molecule has 0 amide bonds. The number of thioether (sulfide) groups is 1. The van der Waals surface area contributed by atoms with Gasteiger partial charge < -0.3 is 0 Å². The zero-order valence-corrected chi connectivity index (χ0v) is 17.1. The predicted octanol–water partition coefficient (Wildman–Crippen LogP) is 5.55. The Morgan fingerprint density at radius 2 is 1.68 bits per heavy atom. The fraction of sp³-hybridized carbons (Fsp3) is 0.174. The Kier molecular flexibility index (Phi) is 5.26. The van der Waals surface area contributed by atoms with Gasteiger partial charge in [0.1, 0.15) is 0 Å². The molecule has 0 saturated carbocycles. The molecule has 0 atom stereocenters. The minimum absolute atomic E-state index is 0.806. The lowest BCUT2D eigenvalue weighted by Gasteiger charge is -2.11. The van der Waals surface area contributed by atoms with Gasteiger partial charge in [0.15, 0.2) is 11.0 Å². The number of aryl methyl sites for hydroxylation is 3. The SMILES string of the molecule is Cc1ccc(-n2c(SCc3cc(C)ccc3C)nnc2-c2cccnc2)cc1. The average molecular weight is 387 g/mol. The highest BCUT2D eigenvalue weighted by atomic mass is 32.2. The van der Waals surface area contributed by atoms with Crippen LogP contribution in [0.5, 0.6) is 0 Å². The second kappa shape index (κ2) is 7.98. The van der Waals surface area contributed by atoms with Crippen molar-refractivity contribution in [2.45, 2.75) is 31.7 Å². The molecule has 4 nitrogen and oxygen atoms in total. The predicted molar refractivity (Wildman–Crippen MR) is 115 cm³/mol. The molecule has 0 aliphatic heterocycles. The molecule has 140 valence electrons. The van der Waals surface area contributed by atoms with E-state index < -0.39 is 0 Å². The number of hydrogen-bond acceptors (Lipinski definition) is 4. The van der Waals surface area contributed by atoms with Crippen molar-refractivity contribution in [2.75, 3.05) is 0 Å². The summed E-state index contributed by atoms with van der Waals surface area (Å²) >= 11 is 1.71. The zero-order chi connectivity index (χ0) is 19.5. The van der Waals surface area contributed by atoms with E-state index in [-0.39, 0.29) is 0 Å². The quantitative estimate of drug-likeness (QED) is 0.422. The van der Waals surface area contributed by atoms with Crippen molar-refractivity contribution >= 4 is 11.8 Å². The van der Waals surface area contributed by atoms with Gasteiger partial charge in [0.05, 0.1) is 0 Å². The highest BCUT2D eigenvalue weighted by Crippen LogP contribution is 2.30. The van der Waals surface area contributed by atoms with Crippen molar-refractivity contribution in [3.63, 3.8) is 0 Å².